The van der Waals surface area contributed by atoms with Crippen molar-refractivity contribution in [3.63, 3.8) is 0 Å². The van der Waals surface area contributed by atoms with Gasteiger partial charge >= 0.3 is 6.03 Å². The minimum Gasteiger partial charge on any atom is -0.394 e. The normalized spacial score (nSPS) is 19.9. The zero-order valence-corrected chi connectivity index (χ0v) is 10.3. The van der Waals surface area contributed by atoms with Gasteiger partial charge in [0.15, 0.2) is 0 Å². The molecule has 0 spiro atoms. The molecular formula is C12H14N2O2S. The maximum absolute atomic E-state index is 11.3. The zero-order valence-electron chi connectivity index (χ0n) is 9.43. The molecule has 0 bridgehead atoms. The summed E-state index contributed by atoms with van der Waals surface area (Å²) in [6.07, 6.45) is 0. The lowest BCUT2D eigenvalue weighted by molar-refractivity contribution is 0.223. The summed E-state index contributed by atoms with van der Waals surface area (Å²) in [5, 5.41) is 14.7. The summed E-state index contributed by atoms with van der Waals surface area (Å²) in [6, 6.07) is 9.27. The molecule has 3 N–H and O–H groups in total. The molecule has 2 rings (SSSR count). The number of aliphatic hydroxyl groups excluding tert-OH is 1. The third kappa shape index (κ3) is 2.81. The Balaban J connectivity index is 2.23. The highest BCUT2D eigenvalue weighted by Crippen LogP contribution is 2.31. The number of thioether (sulfide) groups is 1. The molecule has 0 radical (unpaired) electrons. The van der Waals surface area contributed by atoms with Crippen LogP contribution in [0.5, 0.6) is 0 Å². The molecule has 1 aliphatic heterocycles. The van der Waals surface area contributed by atoms with Gasteiger partial charge < -0.3 is 15.7 Å². The Kier molecular flexibility index (Phi) is 3.71. The number of amides is 2. The second kappa shape index (κ2) is 5.25. The van der Waals surface area contributed by atoms with Crippen LogP contribution >= 0.6 is 11.8 Å². The SMILES string of the molecule is CC1=C(Sc2ccccc2)[C@@H](CO)NC(=O)N1. The number of urea groups is 1. The molecule has 1 aromatic carbocycles. The molecule has 1 aliphatic rings. The summed E-state index contributed by atoms with van der Waals surface area (Å²) < 4.78 is 0. The molecular weight excluding hydrogens is 236 g/mol. The Hall–Kier alpha value is -1.46. The number of benzene rings is 1. The number of hydrogen-bond donors (Lipinski definition) is 3. The van der Waals surface area contributed by atoms with Gasteiger partial charge in [-0.1, -0.05) is 30.0 Å². The van der Waals surface area contributed by atoms with Crippen molar-refractivity contribution >= 4 is 17.8 Å². The summed E-state index contributed by atoms with van der Waals surface area (Å²) in [7, 11) is 0. The first kappa shape index (κ1) is 12.0. The van der Waals surface area contributed by atoms with Gasteiger partial charge in [-0.3, -0.25) is 0 Å². The van der Waals surface area contributed by atoms with Gasteiger partial charge in [-0.2, -0.15) is 0 Å². The van der Waals surface area contributed by atoms with Crippen LogP contribution in [0.2, 0.25) is 0 Å². The van der Waals surface area contributed by atoms with Crippen LogP contribution in [0.15, 0.2) is 45.8 Å². The van der Waals surface area contributed by atoms with Gasteiger partial charge in [0.25, 0.3) is 0 Å². The highest BCUT2D eigenvalue weighted by Gasteiger charge is 2.24. The van der Waals surface area contributed by atoms with Crippen LogP contribution in [-0.4, -0.2) is 23.8 Å². The molecule has 1 atom stereocenters. The highest BCUT2D eigenvalue weighted by molar-refractivity contribution is 8.03. The third-order valence-corrected chi connectivity index (χ3v) is 3.76. The van der Waals surface area contributed by atoms with Gasteiger partial charge in [-0.15, -0.1) is 0 Å². The van der Waals surface area contributed by atoms with E-state index in [0.29, 0.717) is 0 Å². The molecule has 0 aromatic heterocycles. The Morgan fingerprint density at radius 1 is 1.35 bits per heavy atom. The van der Waals surface area contributed by atoms with E-state index in [2.05, 4.69) is 10.6 Å². The van der Waals surface area contributed by atoms with Crippen molar-refractivity contribution in [2.45, 2.75) is 17.9 Å². The smallest absolute Gasteiger partial charge is 0.319 e. The average Bonchev–Trinajstić information content (AvgIpc) is 2.33. The third-order valence-electron chi connectivity index (χ3n) is 2.45. The maximum atomic E-state index is 11.3. The van der Waals surface area contributed by atoms with Gasteiger partial charge in [0, 0.05) is 15.5 Å². The zero-order chi connectivity index (χ0) is 12.3. The lowest BCUT2D eigenvalue weighted by atomic mass is 10.2. The lowest BCUT2D eigenvalue weighted by Gasteiger charge is -2.27. The quantitative estimate of drug-likeness (QED) is 0.765. The van der Waals surface area contributed by atoms with E-state index in [0.717, 1.165) is 15.5 Å². The molecule has 1 aromatic rings. The standard InChI is InChI=1S/C12H14N2O2S/c1-8-11(10(7-15)14-12(16)13-8)17-9-5-3-2-4-6-9/h2-6,10,15H,7H2,1H3,(H2,13,14,16)/t10-/m1/s1. The molecule has 4 nitrogen and oxygen atoms in total. The Labute approximate surface area is 104 Å². The van der Waals surface area contributed by atoms with Crippen LogP contribution in [0.4, 0.5) is 4.79 Å². The first-order valence-corrected chi connectivity index (χ1v) is 6.14. The van der Waals surface area contributed by atoms with Crippen molar-refractivity contribution in [1.29, 1.82) is 0 Å². The Bertz CT molecular complexity index is 445. The van der Waals surface area contributed by atoms with E-state index in [-0.39, 0.29) is 18.7 Å². The minimum absolute atomic E-state index is 0.0973. The number of carbonyl (C=O) groups is 1. The predicted molar refractivity (Wildman–Crippen MR) is 67.5 cm³/mol. The largest absolute Gasteiger partial charge is 0.394 e. The molecule has 5 heteroatoms. The van der Waals surface area contributed by atoms with Crippen LogP contribution in [0.3, 0.4) is 0 Å². The molecule has 90 valence electrons. The number of hydrogen-bond acceptors (Lipinski definition) is 3. The first-order chi connectivity index (χ1) is 8.20. The van der Waals surface area contributed by atoms with Crippen molar-refractivity contribution in [1.82, 2.24) is 10.6 Å². The molecule has 17 heavy (non-hydrogen) atoms. The van der Waals surface area contributed by atoms with Crippen LogP contribution in [0, 0.1) is 0 Å². The predicted octanol–water partition coefficient (Wildman–Crippen LogP) is 1.68. The fourth-order valence-electron chi connectivity index (χ4n) is 1.64. The van der Waals surface area contributed by atoms with Crippen molar-refractivity contribution in [3.8, 4) is 0 Å². The Morgan fingerprint density at radius 3 is 2.71 bits per heavy atom. The van der Waals surface area contributed by atoms with Crippen LogP contribution < -0.4 is 10.6 Å². The summed E-state index contributed by atoms with van der Waals surface area (Å²) >= 11 is 1.55. The number of aliphatic hydroxyl groups is 1. The van der Waals surface area contributed by atoms with Crippen LogP contribution in [0.25, 0.3) is 0 Å². The van der Waals surface area contributed by atoms with Crippen LogP contribution in [-0.2, 0) is 0 Å². The average molecular weight is 250 g/mol. The second-order valence-electron chi connectivity index (χ2n) is 3.74. The van der Waals surface area contributed by atoms with E-state index in [1.54, 1.807) is 11.8 Å². The topological polar surface area (TPSA) is 61.4 Å². The second-order valence-corrected chi connectivity index (χ2v) is 4.85. The molecule has 0 aliphatic carbocycles. The minimum atomic E-state index is -0.325. The van der Waals surface area contributed by atoms with Crippen molar-refractivity contribution in [3.05, 3.63) is 40.9 Å². The summed E-state index contributed by atoms with van der Waals surface area (Å²) in [5.41, 5.74) is 0.793. The molecule has 0 saturated heterocycles. The number of rotatable bonds is 3. The van der Waals surface area contributed by atoms with E-state index in [9.17, 15) is 9.90 Å². The van der Waals surface area contributed by atoms with Gasteiger partial charge in [-0.05, 0) is 19.1 Å². The summed E-state index contributed by atoms with van der Waals surface area (Å²) in [6.45, 7) is 1.74. The summed E-state index contributed by atoms with van der Waals surface area (Å²) in [4.78, 5) is 13.3. The van der Waals surface area contributed by atoms with Gasteiger partial charge in [0.05, 0.1) is 12.6 Å². The lowest BCUT2D eigenvalue weighted by Crippen LogP contribution is -2.49. The van der Waals surface area contributed by atoms with Crippen molar-refractivity contribution < 1.29 is 9.90 Å². The summed E-state index contributed by atoms with van der Waals surface area (Å²) in [5.74, 6) is 0. The van der Waals surface area contributed by atoms with Crippen LogP contribution in [0.1, 0.15) is 6.92 Å². The van der Waals surface area contributed by atoms with Gasteiger partial charge in [-0.25, -0.2) is 4.79 Å². The molecule has 0 fully saturated rings. The first-order valence-electron chi connectivity index (χ1n) is 5.32. The molecule has 1 heterocycles. The van der Waals surface area contributed by atoms with E-state index in [1.807, 2.05) is 37.3 Å². The highest BCUT2D eigenvalue weighted by atomic mass is 32.2. The number of nitrogens with one attached hydrogen (secondary N) is 2. The molecule has 0 unspecified atom stereocenters. The van der Waals surface area contributed by atoms with Crippen molar-refractivity contribution in [2.24, 2.45) is 0 Å². The molecule has 0 saturated carbocycles. The number of allylic oxidation sites excluding steroid dienone is 1. The fraction of sp³-hybridized carbons (Fsp3) is 0.250. The van der Waals surface area contributed by atoms with Crippen molar-refractivity contribution in [2.75, 3.05) is 6.61 Å². The number of carbonyl (C=O) groups excluding carboxylic acids is 1. The van der Waals surface area contributed by atoms with E-state index in [4.69, 9.17) is 0 Å². The van der Waals surface area contributed by atoms with E-state index < -0.39 is 0 Å². The monoisotopic (exact) mass is 250 g/mol. The molecule has 2 amide bonds. The maximum Gasteiger partial charge on any atom is 0.319 e. The van der Waals surface area contributed by atoms with Gasteiger partial charge in [0.1, 0.15) is 0 Å². The fourth-order valence-corrected chi connectivity index (χ4v) is 2.67. The van der Waals surface area contributed by atoms with Gasteiger partial charge in [0.2, 0.25) is 0 Å². The van der Waals surface area contributed by atoms with E-state index in [1.165, 1.54) is 0 Å². The Morgan fingerprint density at radius 2 is 2.06 bits per heavy atom. The van der Waals surface area contributed by atoms with E-state index >= 15 is 0 Å².